The molecule has 0 radical (unpaired) electrons. The largest absolute Gasteiger partial charge is 0.508 e. The van der Waals surface area contributed by atoms with Gasteiger partial charge in [-0.25, -0.2) is 0 Å². The highest BCUT2D eigenvalue weighted by molar-refractivity contribution is 6.14. The molecule has 0 saturated heterocycles. The number of nitrogens with one attached hydrogen (secondary N) is 1. The minimum Gasteiger partial charge on any atom is -0.508 e. The van der Waals surface area contributed by atoms with Crippen molar-refractivity contribution in [3.63, 3.8) is 0 Å². The highest BCUT2D eigenvalue weighted by Gasteiger charge is 2.34. The van der Waals surface area contributed by atoms with Gasteiger partial charge in [-0.2, -0.15) is 0 Å². The number of hydrogen-bond donors (Lipinski definition) is 5. The van der Waals surface area contributed by atoms with Gasteiger partial charge in [0.1, 0.15) is 28.9 Å². The normalized spacial score (nSPS) is 12.2. The zero-order chi connectivity index (χ0) is 30.8. The van der Waals surface area contributed by atoms with E-state index in [1.54, 1.807) is 36.4 Å². The standard InChI is InChI=1S/C35H29NO7/c37-27-17-24(18-28(38)21-27)11-14-31(41)34(32(42)15-12-25-19-29(39)22-30(40)20-25)35(26-9-5-2-6-10-26)36-33(43)16-13-23-7-3-1-4-8-23/h1-22,34-35,37-40H,(H,36,43)/b14-11+,15-12+,16-13?. The third kappa shape index (κ3) is 8.80. The van der Waals surface area contributed by atoms with E-state index in [4.69, 9.17) is 0 Å². The average molecular weight is 576 g/mol. The Morgan fingerprint density at radius 1 is 0.535 bits per heavy atom. The smallest absolute Gasteiger partial charge is 0.244 e. The Balaban J connectivity index is 1.72. The van der Waals surface area contributed by atoms with Crippen molar-refractivity contribution in [2.24, 2.45) is 5.92 Å². The first-order chi connectivity index (χ1) is 20.7. The molecule has 1 unspecified atom stereocenters. The number of rotatable bonds is 11. The van der Waals surface area contributed by atoms with Crippen molar-refractivity contribution < 1.29 is 34.8 Å². The Bertz CT molecular complexity index is 1580. The Morgan fingerprint density at radius 2 is 0.953 bits per heavy atom. The summed E-state index contributed by atoms with van der Waals surface area (Å²) in [5.41, 5.74) is 1.91. The van der Waals surface area contributed by atoms with Gasteiger partial charge in [-0.05, 0) is 64.7 Å². The maximum Gasteiger partial charge on any atom is 0.244 e. The SMILES string of the molecule is O=C(C=Cc1ccccc1)NC(c1ccccc1)C(C(=O)/C=C/c1cc(O)cc(O)c1)C(=O)/C=C/c1cc(O)cc(O)c1. The zero-order valence-corrected chi connectivity index (χ0v) is 22.9. The Morgan fingerprint density at radius 3 is 1.42 bits per heavy atom. The molecule has 0 aromatic heterocycles. The van der Waals surface area contributed by atoms with Crippen molar-refractivity contribution in [3.05, 3.63) is 138 Å². The fourth-order valence-corrected chi connectivity index (χ4v) is 4.42. The first-order valence-electron chi connectivity index (χ1n) is 13.3. The van der Waals surface area contributed by atoms with E-state index in [0.717, 1.165) is 29.8 Å². The number of phenols is 4. The molecule has 0 heterocycles. The molecule has 0 spiro atoms. The summed E-state index contributed by atoms with van der Waals surface area (Å²) < 4.78 is 0. The van der Waals surface area contributed by atoms with Gasteiger partial charge in [0.15, 0.2) is 11.6 Å². The summed E-state index contributed by atoms with van der Waals surface area (Å²) in [6.45, 7) is 0. The van der Waals surface area contributed by atoms with E-state index >= 15 is 0 Å². The van der Waals surface area contributed by atoms with Gasteiger partial charge in [-0.1, -0.05) is 72.8 Å². The van der Waals surface area contributed by atoms with Crippen molar-refractivity contribution in [1.29, 1.82) is 0 Å². The summed E-state index contributed by atoms with van der Waals surface area (Å²) in [6, 6.07) is 24.2. The molecular formula is C35H29NO7. The molecule has 4 aromatic rings. The molecular weight excluding hydrogens is 546 g/mol. The van der Waals surface area contributed by atoms with Gasteiger partial charge in [0, 0.05) is 18.2 Å². The van der Waals surface area contributed by atoms with Crippen molar-refractivity contribution in [2.45, 2.75) is 6.04 Å². The molecule has 0 saturated carbocycles. The molecule has 1 amide bonds. The summed E-state index contributed by atoms with van der Waals surface area (Å²) in [5, 5.41) is 42.0. The quantitative estimate of drug-likeness (QED) is 0.116. The number of phenolic OH excluding ortho intramolecular Hbond substituents is 4. The zero-order valence-electron chi connectivity index (χ0n) is 22.9. The topological polar surface area (TPSA) is 144 Å². The van der Waals surface area contributed by atoms with E-state index in [1.165, 1.54) is 42.5 Å². The lowest BCUT2D eigenvalue weighted by Crippen LogP contribution is -2.39. The van der Waals surface area contributed by atoms with Crippen LogP contribution < -0.4 is 5.32 Å². The van der Waals surface area contributed by atoms with E-state index in [-0.39, 0.29) is 23.0 Å². The first kappa shape index (κ1) is 30.1. The molecule has 8 nitrogen and oxygen atoms in total. The third-order valence-corrected chi connectivity index (χ3v) is 6.36. The molecule has 0 bridgehead atoms. The summed E-state index contributed by atoms with van der Waals surface area (Å²) in [4.78, 5) is 40.5. The first-order valence-corrected chi connectivity index (χ1v) is 13.3. The molecule has 43 heavy (non-hydrogen) atoms. The molecule has 4 aromatic carbocycles. The lowest BCUT2D eigenvalue weighted by Gasteiger charge is -2.25. The minimum atomic E-state index is -1.43. The molecule has 1 atom stereocenters. The second kappa shape index (κ2) is 14.1. The van der Waals surface area contributed by atoms with E-state index in [9.17, 15) is 34.8 Å². The van der Waals surface area contributed by atoms with Crippen LogP contribution in [0.15, 0.2) is 115 Å². The summed E-state index contributed by atoms with van der Waals surface area (Å²) in [5.74, 6) is -4.12. The van der Waals surface area contributed by atoms with Crippen LogP contribution in [0.1, 0.15) is 28.3 Å². The van der Waals surface area contributed by atoms with Crippen molar-refractivity contribution in [1.82, 2.24) is 5.32 Å². The Hall–Kier alpha value is -5.89. The second-order valence-electron chi connectivity index (χ2n) is 9.66. The van der Waals surface area contributed by atoms with Crippen molar-refractivity contribution in [3.8, 4) is 23.0 Å². The molecule has 0 fully saturated rings. The molecule has 4 rings (SSSR count). The van der Waals surface area contributed by atoms with Crippen LogP contribution in [-0.2, 0) is 14.4 Å². The molecule has 5 N–H and O–H groups in total. The molecule has 0 aliphatic rings. The Labute approximate surface area is 248 Å². The molecule has 0 aliphatic carbocycles. The number of amides is 1. The predicted octanol–water partition coefficient (Wildman–Crippen LogP) is 5.56. The van der Waals surface area contributed by atoms with E-state index in [1.807, 2.05) is 30.3 Å². The van der Waals surface area contributed by atoms with Crippen LogP contribution in [-0.4, -0.2) is 37.9 Å². The van der Waals surface area contributed by atoms with Crippen LogP contribution >= 0.6 is 0 Å². The van der Waals surface area contributed by atoms with Crippen molar-refractivity contribution >= 4 is 35.7 Å². The second-order valence-corrected chi connectivity index (χ2v) is 9.66. The third-order valence-electron chi connectivity index (χ3n) is 6.36. The minimum absolute atomic E-state index is 0.211. The van der Waals surface area contributed by atoms with Crippen LogP contribution in [0, 0.1) is 5.92 Å². The van der Waals surface area contributed by atoms with Gasteiger partial charge in [0.2, 0.25) is 5.91 Å². The fraction of sp³-hybridized carbons (Fsp3) is 0.0571. The molecule has 0 aliphatic heterocycles. The summed E-state index contributed by atoms with van der Waals surface area (Å²) in [7, 11) is 0. The number of carbonyl (C=O) groups is 3. The van der Waals surface area contributed by atoms with Gasteiger partial charge < -0.3 is 25.7 Å². The highest BCUT2D eigenvalue weighted by Crippen LogP contribution is 2.28. The maximum absolute atomic E-state index is 13.7. The molecule has 216 valence electrons. The van der Waals surface area contributed by atoms with Gasteiger partial charge in [-0.3, -0.25) is 14.4 Å². The number of benzene rings is 4. The van der Waals surface area contributed by atoms with E-state index < -0.39 is 29.4 Å². The average Bonchev–Trinajstić information content (AvgIpc) is 2.97. The van der Waals surface area contributed by atoms with Crippen LogP contribution in [0.25, 0.3) is 18.2 Å². The molecule has 8 heteroatoms. The van der Waals surface area contributed by atoms with Crippen LogP contribution in [0.3, 0.4) is 0 Å². The number of hydrogen-bond acceptors (Lipinski definition) is 7. The lowest BCUT2D eigenvalue weighted by molar-refractivity contribution is -0.129. The Kier molecular flexibility index (Phi) is 9.89. The van der Waals surface area contributed by atoms with Gasteiger partial charge in [0.25, 0.3) is 0 Å². The predicted molar refractivity (Wildman–Crippen MR) is 164 cm³/mol. The van der Waals surface area contributed by atoms with E-state index in [0.29, 0.717) is 16.7 Å². The summed E-state index contributed by atoms with van der Waals surface area (Å²) >= 11 is 0. The summed E-state index contributed by atoms with van der Waals surface area (Å²) in [6.07, 6.45) is 7.91. The van der Waals surface area contributed by atoms with Gasteiger partial charge in [0.05, 0.1) is 6.04 Å². The van der Waals surface area contributed by atoms with Crippen LogP contribution in [0.2, 0.25) is 0 Å². The van der Waals surface area contributed by atoms with E-state index in [2.05, 4.69) is 5.32 Å². The fourth-order valence-electron chi connectivity index (χ4n) is 4.42. The van der Waals surface area contributed by atoms with Crippen molar-refractivity contribution in [2.75, 3.05) is 0 Å². The number of carbonyl (C=O) groups excluding carboxylic acids is 3. The number of ketones is 2. The van der Waals surface area contributed by atoms with Crippen LogP contribution in [0.5, 0.6) is 23.0 Å². The van der Waals surface area contributed by atoms with Crippen LogP contribution in [0.4, 0.5) is 0 Å². The number of aromatic hydroxyl groups is 4. The van der Waals surface area contributed by atoms with Gasteiger partial charge >= 0.3 is 0 Å². The number of allylic oxidation sites excluding steroid dienone is 2. The maximum atomic E-state index is 13.7. The lowest BCUT2D eigenvalue weighted by atomic mass is 9.85. The highest BCUT2D eigenvalue weighted by atomic mass is 16.3. The van der Waals surface area contributed by atoms with Gasteiger partial charge in [-0.15, -0.1) is 0 Å². The monoisotopic (exact) mass is 575 g/mol.